The molecule has 9 heteroatoms. The second kappa shape index (κ2) is 6.00. The van der Waals surface area contributed by atoms with Gasteiger partial charge >= 0.3 is 0 Å². The van der Waals surface area contributed by atoms with Gasteiger partial charge in [-0.3, -0.25) is 14.1 Å². The van der Waals surface area contributed by atoms with Crippen LogP contribution < -0.4 is 0 Å². The van der Waals surface area contributed by atoms with E-state index in [0.717, 1.165) is 16.8 Å². The fourth-order valence-electron chi connectivity index (χ4n) is 2.21. The van der Waals surface area contributed by atoms with Gasteiger partial charge in [0.25, 0.3) is 10.1 Å². The zero-order chi connectivity index (χ0) is 16.6. The highest BCUT2D eigenvalue weighted by molar-refractivity contribution is 7.85. The van der Waals surface area contributed by atoms with E-state index in [-0.39, 0.29) is 12.4 Å². The highest BCUT2D eigenvalue weighted by Crippen LogP contribution is 2.35. The lowest BCUT2D eigenvalue weighted by atomic mass is 10.1. The molecule has 0 aliphatic carbocycles. The number of aromatic hydroxyl groups is 1. The Kier molecular flexibility index (Phi) is 4.19. The van der Waals surface area contributed by atoms with Crippen molar-refractivity contribution in [3.63, 3.8) is 0 Å². The predicted octanol–water partition coefficient (Wildman–Crippen LogP) is 3.13. The van der Waals surface area contributed by atoms with Crippen molar-refractivity contribution in [2.24, 2.45) is 4.99 Å². The largest absolute Gasteiger partial charge is 0.493 e. The van der Waals surface area contributed by atoms with Gasteiger partial charge in [-0.05, 0) is 24.4 Å². The lowest BCUT2D eigenvalue weighted by molar-refractivity contribution is 0.416. The molecule has 0 radical (unpaired) electrons. The standard InChI is InChI=1S/C14H12N2O4S3/c17-13-12(22-14(21)16(13)5-6-23(18,19)20)7-9-8-15-11-4-2-1-3-10(9)11/h1-4,7-8,17H,5-6H2,(H,18,19,20). The van der Waals surface area contributed by atoms with Crippen molar-refractivity contribution in [2.45, 2.75) is 6.54 Å². The highest BCUT2D eigenvalue weighted by Gasteiger charge is 2.16. The van der Waals surface area contributed by atoms with Gasteiger partial charge in [0.1, 0.15) is 0 Å². The van der Waals surface area contributed by atoms with Gasteiger partial charge in [0.15, 0.2) is 3.95 Å². The van der Waals surface area contributed by atoms with Crippen LogP contribution in [0.1, 0.15) is 10.4 Å². The van der Waals surface area contributed by atoms with E-state index in [0.29, 0.717) is 8.83 Å². The molecule has 0 spiro atoms. The third-order valence-electron chi connectivity index (χ3n) is 3.31. The summed E-state index contributed by atoms with van der Waals surface area (Å²) in [5, 5.41) is 10.3. The second-order valence-electron chi connectivity index (χ2n) is 4.87. The summed E-state index contributed by atoms with van der Waals surface area (Å²) in [6.45, 7) is -0.103. The zero-order valence-electron chi connectivity index (χ0n) is 11.7. The maximum absolute atomic E-state index is 10.9. The summed E-state index contributed by atoms with van der Waals surface area (Å²) in [5.74, 6) is -0.625. The van der Waals surface area contributed by atoms with Gasteiger partial charge in [0.2, 0.25) is 5.88 Å². The fourth-order valence-corrected chi connectivity index (χ4v) is 3.93. The molecule has 0 fully saturated rings. The maximum Gasteiger partial charge on any atom is 0.266 e. The smallest absolute Gasteiger partial charge is 0.266 e. The quantitative estimate of drug-likeness (QED) is 0.639. The topological polar surface area (TPSA) is 91.9 Å². The van der Waals surface area contributed by atoms with Gasteiger partial charge in [-0.15, -0.1) is 11.3 Å². The molecular formula is C14H12N2O4S3. The minimum absolute atomic E-state index is 0.103. The molecule has 2 N–H and O–H groups in total. The Morgan fingerprint density at radius 1 is 1.35 bits per heavy atom. The monoisotopic (exact) mass is 368 g/mol. The number of para-hydroxylation sites is 1. The number of thiazole rings is 1. The Morgan fingerprint density at radius 2 is 2.09 bits per heavy atom. The Morgan fingerprint density at radius 3 is 2.83 bits per heavy atom. The van der Waals surface area contributed by atoms with Gasteiger partial charge in [0.05, 0.1) is 16.3 Å². The van der Waals surface area contributed by atoms with Crippen molar-refractivity contribution in [1.82, 2.24) is 4.57 Å². The molecule has 0 saturated heterocycles. The van der Waals surface area contributed by atoms with Crippen LogP contribution in [0.5, 0.6) is 5.88 Å². The summed E-state index contributed by atoms with van der Waals surface area (Å²) in [6, 6.07) is 7.62. The van der Waals surface area contributed by atoms with Crippen LogP contribution in [0.25, 0.3) is 11.6 Å². The molecule has 6 nitrogen and oxygen atoms in total. The molecule has 23 heavy (non-hydrogen) atoms. The van der Waals surface area contributed by atoms with Crippen molar-refractivity contribution in [3.8, 4) is 5.88 Å². The van der Waals surface area contributed by atoms with Crippen molar-refractivity contribution in [1.29, 1.82) is 0 Å². The summed E-state index contributed by atoms with van der Waals surface area (Å²) in [7, 11) is -4.12. The van der Waals surface area contributed by atoms with Gasteiger partial charge in [-0.2, -0.15) is 8.42 Å². The first kappa shape index (κ1) is 16.1. The molecule has 0 unspecified atom stereocenters. The minimum atomic E-state index is -4.12. The highest BCUT2D eigenvalue weighted by atomic mass is 32.2. The molecule has 0 bridgehead atoms. The summed E-state index contributed by atoms with van der Waals surface area (Å²) in [6.07, 6.45) is 3.46. The number of hydrogen-bond donors (Lipinski definition) is 2. The SMILES string of the molecule is O=S(=O)(O)CCn1c(O)c(C=C2C=Nc3ccccc32)sc1=S. The number of fused-ring (bicyclic) bond motifs is 1. The first-order valence-corrected chi connectivity index (χ1v) is 9.41. The molecule has 0 amide bonds. The molecule has 0 atom stereocenters. The molecule has 1 aromatic heterocycles. The van der Waals surface area contributed by atoms with Crippen molar-refractivity contribution in [2.75, 3.05) is 5.75 Å². The Labute approximate surface area is 141 Å². The molecule has 2 aromatic rings. The van der Waals surface area contributed by atoms with Crippen LogP contribution in [0, 0.1) is 3.95 Å². The van der Waals surface area contributed by atoms with Gasteiger partial charge in [-0.25, -0.2) is 0 Å². The normalized spacial score (nSPS) is 15.3. The summed E-state index contributed by atoms with van der Waals surface area (Å²) in [4.78, 5) is 4.81. The maximum atomic E-state index is 10.9. The van der Waals surface area contributed by atoms with Crippen LogP contribution in [-0.2, 0) is 16.7 Å². The lowest BCUT2D eigenvalue weighted by Crippen LogP contribution is -2.11. The predicted molar refractivity (Wildman–Crippen MR) is 93.7 cm³/mol. The van der Waals surface area contributed by atoms with E-state index >= 15 is 0 Å². The fraction of sp³-hybridized carbons (Fsp3) is 0.143. The van der Waals surface area contributed by atoms with Crippen LogP contribution in [-0.4, -0.2) is 34.6 Å². The lowest BCUT2D eigenvalue weighted by Gasteiger charge is -2.03. The third kappa shape index (κ3) is 3.42. The third-order valence-corrected chi connectivity index (χ3v) is 5.40. The average molecular weight is 368 g/mol. The molecular weight excluding hydrogens is 356 g/mol. The summed E-state index contributed by atoms with van der Waals surface area (Å²) >= 11 is 6.32. The van der Waals surface area contributed by atoms with E-state index in [9.17, 15) is 13.5 Å². The van der Waals surface area contributed by atoms with Crippen LogP contribution in [0.15, 0.2) is 29.3 Å². The van der Waals surface area contributed by atoms with Gasteiger partial charge < -0.3 is 5.11 Å². The first-order valence-electron chi connectivity index (χ1n) is 6.58. The second-order valence-corrected chi connectivity index (χ2v) is 8.12. The van der Waals surface area contributed by atoms with Crippen LogP contribution in [0.4, 0.5) is 5.69 Å². The van der Waals surface area contributed by atoms with E-state index in [1.165, 1.54) is 15.9 Å². The van der Waals surface area contributed by atoms with Crippen molar-refractivity contribution >= 4 is 57.2 Å². The van der Waals surface area contributed by atoms with Crippen LogP contribution in [0.3, 0.4) is 0 Å². The average Bonchev–Trinajstić information content (AvgIpc) is 2.99. The number of aliphatic imine (C=N–C) groups is 1. The molecule has 2 heterocycles. The number of nitrogens with zero attached hydrogens (tertiary/aromatic N) is 2. The molecule has 1 aromatic carbocycles. The Bertz CT molecular complexity index is 984. The van der Waals surface area contributed by atoms with Gasteiger partial charge in [-0.1, -0.05) is 18.2 Å². The van der Waals surface area contributed by atoms with Crippen molar-refractivity contribution in [3.05, 3.63) is 38.7 Å². The van der Waals surface area contributed by atoms with E-state index < -0.39 is 15.9 Å². The number of aromatic nitrogens is 1. The van der Waals surface area contributed by atoms with Gasteiger partial charge in [0, 0.05) is 23.9 Å². The first-order chi connectivity index (χ1) is 10.8. The molecule has 0 saturated carbocycles. The number of allylic oxidation sites excluding steroid dienone is 1. The number of hydrogen-bond acceptors (Lipinski definition) is 6. The Balaban J connectivity index is 1.96. The Hall–Kier alpha value is -1.81. The number of benzene rings is 1. The van der Waals surface area contributed by atoms with E-state index in [1.807, 2.05) is 24.3 Å². The van der Waals surface area contributed by atoms with Crippen molar-refractivity contribution < 1.29 is 18.1 Å². The van der Waals surface area contributed by atoms with E-state index in [4.69, 9.17) is 16.8 Å². The van der Waals surface area contributed by atoms with Crippen LogP contribution in [0.2, 0.25) is 0 Å². The summed E-state index contributed by atoms with van der Waals surface area (Å²) in [5.41, 5.74) is 2.65. The molecule has 1 aliphatic heterocycles. The molecule has 3 rings (SSSR count). The van der Waals surface area contributed by atoms with Crippen LogP contribution >= 0.6 is 23.6 Å². The number of rotatable bonds is 4. The molecule has 1 aliphatic rings. The summed E-state index contributed by atoms with van der Waals surface area (Å²) < 4.78 is 32.1. The van der Waals surface area contributed by atoms with E-state index in [2.05, 4.69) is 4.99 Å². The molecule has 120 valence electrons. The minimum Gasteiger partial charge on any atom is -0.493 e. The zero-order valence-corrected chi connectivity index (χ0v) is 14.2. The van der Waals surface area contributed by atoms with E-state index in [1.54, 1.807) is 12.3 Å².